The first kappa shape index (κ1) is 10.9. The summed E-state index contributed by atoms with van der Waals surface area (Å²) in [7, 11) is 0. The van der Waals surface area contributed by atoms with Crippen molar-refractivity contribution in [2.75, 3.05) is 31.1 Å². The van der Waals surface area contributed by atoms with E-state index in [0.29, 0.717) is 5.56 Å². The van der Waals surface area contributed by atoms with Gasteiger partial charge in [-0.25, -0.2) is 0 Å². The molecule has 0 bridgehead atoms. The summed E-state index contributed by atoms with van der Waals surface area (Å²) < 4.78 is 0. The molecule has 0 unspecified atom stereocenters. The van der Waals surface area contributed by atoms with Gasteiger partial charge >= 0.3 is 0 Å². The van der Waals surface area contributed by atoms with E-state index in [1.165, 1.54) is 11.8 Å². The molecule has 1 fully saturated rings. The number of nitrogens with one attached hydrogen (secondary N) is 1. The van der Waals surface area contributed by atoms with Gasteiger partial charge in [-0.15, -0.1) is 0 Å². The van der Waals surface area contributed by atoms with E-state index in [-0.39, 0.29) is 5.78 Å². The van der Waals surface area contributed by atoms with Crippen LogP contribution in [0.25, 0.3) is 0 Å². The molecule has 1 saturated heterocycles. The molecule has 3 nitrogen and oxygen atoms in total. The van der Waals surface area contributed by atoms with Gasteiger partial charge in [-0.3, -0.25) is 4.79 Å². The second kappa shape index (κ2) is 4.94. The van der Waals surface area contributed by atoms with Crippen molar-refractivity contribution in [3.8, 4) is 0 Å². The monoisotopic (exact) mass is 216 g/mol. The summed E-state index contributed by atoms with van der Waals surface area (Å²) in [6.07, 6.45) is 1.35. The molecule has 1 aromatic carbocycles. The lowest BCUT2D eigenvalue weighted by Crippen LogP contribution is -2.43. The minimum atomic E-state index is -0.0214. The van der Waals surface area contributed by atoms with Crippen molar-refractivity contribution in [3.63, 3.8) is 0 Å². The Bertz CT molecular complexity index is 377. The molecule has 0 radical (unpaired) electrons. The van der Waals surface area contributed by atoms with Crippen molar-refractivity contribution in [2.45, 2.75) is 0 Å². The average molecular weight is 216 g/mol. The van der Waals surface area contributed by atoms with E-state index < -0.39 is 0 Å². The van der Waals surface area contributed by atoms with Crippen LogP contribution in [0.4, 0.5) is 5.69 Å². The van der Waals surface area contributed by atoms with E-state index in [9.17, 15) is 4.79 Å². The van der Waals surface area contributed by atoms with Crippen LogP contribution in [0, 0.1) is 0 Å². The molecule has 1 N–H and O–H groups in total. The van der Waals surface area contributed by atoms with Gasteiger partial charge in [-0.1, -0.05) is 6.58 Å². The first-order valence-electron chi connectivity index (χ1n) is 5.54. The molecule has 3 heteroatoms. The van der Waals surface area contributed by atoms with Gasteiger partial charge in [-0.2, -0.15) is 0 Å². The number of anilines is 1. The third kappa shape index (κ3) is 2.31. The SMILES string of the molecule is C=CC(=O)c1ccc(N2CCNCC2)cc1. The van der Waals surface area contributed by atoms with Crippen molar-refractivity contribution in [2.24, 2.45) is 0 Å². The van der Waals surface area contributed by atoms with Gasteiger partial charge in [0, 0.05) is 37.4 Å². The maximum absolute atomic E-state index is 11.4. The van der Waals surface area contributed by atoms with E-state index in [2.05, 4.69) is 16.8 Å². The maximum Gasteiger partial charge on any atom is 0.185 e. The first-order chi connectivity index (χ1) is 7.81. The Morgan fingerprint density at radius 3 is 2.44 bits per heavy atom. The fourth-order valence-electron chi connectivity index (χ4n) is 1.88. The third-order valence-electron chi connectivity index (χ3n) is 2.82. The van der Waals surface area contributed by atoms with Crippen molar-refractivity contribution in [3.05, 3.63) is 42.5 Å². The molecule has 16 heavy (non-hydrogen) atoms. The lowest BCUT2D eigenvalue weighted by Gasteiger charge is -2.29. The summed E-state index contributed by atoms with van der Waals surface area (Å²) in [4.78, 5) is 13.7. The normalized spacial score (nSPS) is 15.9. The zero-order valence-electron chi connectivity index (χ0n) is 9.28. The fraction of sp³-hybridized carbons (Fsp3) is 0.308. The fourth-order valence-corrected chi connectivity index (χ4v) is 1.88. The molecule has 0 amide bonds. The van der Waals surface area contributed by atoms with Gasteiger partial charge in [0.1, 0.15) is 0 Å². The molecule has 1 heterocycles. The standard InChI is InChI=1S/C13H16N2O/c1-2-13(16)11-3-5-12(6-4-11)15-9-7-14-8-10-15/h2-6,14H,1,7-10H2. The largest absolute Gasteiger partial charge is 0.369 e. The highest BCUT2D eigenvalue weighted by Crippen LogP contribution is 2.16. The number of hydrogen-bond acceptors (Lipinski definition) is 3. The second-order valence-electron chi connectivity index (χ2n) is 3.85. The summed E-state index contributed by atoms with van der Waals surface area (Å²) >= 11 is 0. The van der Waals surface area contributed by atoms with Crippen molar-refractivity contribution >= 4 is 11.5 Å². The Hall–Kier alpha value is -1.61. The Balaban J connectivity index is 2.11. The van der Waals surface area contributed by atoms with Crippen molar-refractivity contribution in [1.82, 2.24) is 5.32 Å². The van der Waals surface area contributed by atoms with Crippen LogP contribution in [-0.2, 0) is 0 Å². The summed E-state index contributed by atoms with van der Waals surface area (Å²) in [6.45, 7) is 7.57. The van der Waals surface area contributed by atoms with Gasteiger partial charge in [0.2, 0.25) is 0 Å². The van der Waals surface area contributed by atoms with Crippen molar-refractivity contribution < 1.29 is 4.79 Å². The van der Waals surface area contributed by atoms with Crippen molar-refractivity contribution in [1.29, 1.82) is 0 Å². The smallest absolute Gasteiger partial charge is 0.185 e. The summed E-state index contributed by atoms with van der Waals surface area (Å²) in [5.74, 6) is -0.0214. The number of benzene rings is 1. The van der Waals surface area contributed by atoms with Crippen LogP contribution in [0.15, 0.2) is 36.9 Å². The quantitative estimate of drug-likeness (QED) is 0.613. The van der Waals surface area contributed by atoms with E-state index in [4.69, 9.17) is 0 Å². The lowest BCUT2D eigenvalue weighted by atomic mass is 10.1. The predicted molar refractivity (Wildman–Crippen MR) is 66.1 cm³/mol. The van der Waals surface area contributed by atoms with Crippen LogP contribution >= 0.6 is 0 Å². The number of nitrogens with zero attached hydrogens (tertiary/aromatic N) is 1. The Morgan fingerprint density at radius 2 is 1.88 bits per heavy atom. The molecule has 1 aliphatic rings. The van der Waals surface area contributed by atoms with Gasteiger partial charge in [0.25, 0.3) is 0 Å². The minimum absolute atomic E-state index is 0.0214. The van der Waals surface area contributed by atoms with Crippen LogP contribution in [0.1, 0.15) is 10.4 Å². The molecule has 1 aromatic rings. The number of ketones is 1. The number of carbonyl (C=O) groups excluding carboxylic acids is 1. The molecule has 0 aliphatic carbocycles. The molecule has 0 saturated carbocycles. The molecule has 2 rings (SSSR count). The number of hydrogen-bond donors (Lipinski definition) is 1. The predicted octanol–water partition coefficient (Wildman–Crippen LogP) is 1.46. The van der Waals surface area contributed by atoms with E-state index in [0.717, 1.165) is 26.2 Å². The number of allylic oxidation sites excluding steroid dienone is 1. The molecule has 0 aromatic heterocycles. The van der Waals surface area contributed by atoms with Crippen LogP contribution in [0.2, 0.25) is 0 Å². The van der Waals surface area contributed by atoms with E-state index >= 15 is 0 Å². The number of rotatable bonds is 3. The molecule has 1 aliphatic heterocycles. The maximum atomic E-state index is 11.4. The molecule has 0 atom stereocenters. The topological polar surface area (TPSA) is 32.3 Å². The molecule has 0 spiro atoms. The van der Waals surface area contributed by atoms with Gasteiger partial charge in [0.15, 0.2) is 5.78 Å². The van der Waals surface area contributed by atoms with E-state index in [1.54, 1.807) is 0 Å². The molecular weight excluding hydrogens is 200 g/mol. The Morgan fingerprint density at radius 1 is 1.25 bits per heavy atom. The summed E-state index contributed by atoms with van der Waals surface area (Å²) in [6, 6.07) is 7.73. The van der Waals surface area contributed by atoms with Crippen LogP contribution in [0.3, 0.4) is 0 Å². The molecule has 84 valence electrons. The summed E-state index contributed by atoms with van der Waals surface area (Å²) in [5.41, 5.74) is 1.89. The third-order valence-corrected chi connectivity index (χ3v) is 2.82. The van der Waals surface area contributed by atoms with E-state index in [1.807, 2.05) is 24.3 Å². The number of carbonyl (C=O) groups is 1. The zero-order chi connectivity index (χ0) is 11.4. The first-order valence-corrected chi connectivity index (χ1v) is 5.54. The summed E-state index contributed by atoms with van der Waals surface area (Å²) in [5, 5.41) is 3.31. The zero-order valence-corrected chi connectivity index (χ0v) is 9.28. The van der Waals surface area contributed by atoms with Gasteiger partial charge in [0.05, 0.1) is 0 Å². The van der Waals surface area contributed by atoms with Crippen LogP contribution in [0.5, 0.6) is 0 Å². The van der Waals surface area contributed by atoms with Crippen LogP contribution < -0.4 is 10.2 Å². The van der Waals surface area contributed by atoms with Gasteiger partial charge < -0.3 is 10.2 Å². The van der Waals surface area contributed by atoms with Crippen LogP contribution in [-0.4, -0.2) is 32.0 Å². The highest BCUT2D eigenvalue weighted by Gasteiger charge is 2.10. The highest BCUT2D eigenvalue weighted by molar-refractivity contribution is 6.04. The Kier molecular flexibility index (Phi) is 3.37. The highest BCUT2D eigenvalue weighted by atomic mass is 16.1. The minimum Gasteiger partial charge on any atom is -0.369 e. The molecular formula is C13H16N2O. The lowest BCUT2D eigenvalue weighted by molar-refractivity contribution is 0.104. The number of piperazine rings is 1. The van der Waals surface area contributed by atoms with Gasteiger partial charge in [-0.05, 0) is 30.3 Å². The Labute approximate surface area is 95.8 Å². The average Bonchev–Trinajstić information content (AvgIpc) is 2.39. The second-order valence-corrected chi connectivity index (χ2v) is 3.85.